The van der Waals surface area contributed by atoms with Gasteiger partial charge in [-0.05, 0) is 18.2 Å². The number of nitrogens with one attached hydrogen (secondary N) is 2. The van der Waals surface area contributed by atoms with E-state index in [1.165, 1.54) is 6.07 Å². The average molecular weight is 403 g/mol. The third kappa shape index (κ3) is 6.62. The molecule has 1 unspecified atom stereocenters. The first-order valence-corrected chi connectivity index (χ1v) is 9.87. The summed E-state index contributed by atoms with van der Waals surface area (Å²) >= 11 is 0. The number of aliphatic hydroxyl groups excluding tert-OH is 1. The fourth-order valence-electron chi connectivity index (χ4n) is 3.51. The van der Waals surface area contributed by atoms with Gasteiger partial charge in [0.05, 0.1) is 17.4 Å². The van der Waals surface area contributed by atoms with Gasteiger partial charge in [-0.1, -0.05) is 18.2 Å². The molecule has 2 aliphatic heterocycles. The van der Waals surface area contributed by atoms with Gasteiger partial charge in [0, 0.05) is 52.4 Å². The second kappa shape index (κ2) is 10.5. The SMILES string of the molecule is O=C(O)c1cccc(CN2CCNCCN(CC3C=CC=C(C(O)O)N3)CC2)n1. The summed E-state index contributed by atoms with van der Waals surface area (Å²) in [5.41, 5.74) is 1.22. The van der Waals surface area contributed by atoms with E-state index in [0.717, 1.165) is 51.5 Å². The number of aromatic carboxylic acids is 1. The van der Waals surface area contributed by atoms with E-state index in [1.807, 2.05) is 18.2 Å². The van der Waals surface area contributed by atoms with Crippen molar-refractivity contribution >= 4 is 5.97 Å². The van der Waals surface area contributed by atoms with Gasteiger partial charge in [-0.15, -0.1) is 0 Å². The van der Waals surface area contributed by atoms with E-state index in [2.05, 4.69) is 25.4 Å². The maximum absolute atomic E-state index is 11.1. The standard InChI is InChI=1S/C20H29N5O4/c26-19(27)17-5-1-3-15(22-17)13-24-9-7-21-8-10-25(12-11-24)14-16-4-2-6-18(23-16)20(28)29/h1-6,15,19,21-22,26-27H,7-14H2,(H,28,29). The van der Waals surface area contributed by atoms with Gasteiger partial charge in [0.25, 0.3) is 0 Å². The molecule has 3 rings (SSSR count). The summed E-state index contributed by atoms with van der Waals surface area (Å²) in [5.74, 6) is -1.02. The van der Waals surface area contributed by atoms with Crippen LogP contribution < -0.4 is 10.6 Å². The number of pyridine rings is 1. The Balaban J connectivity index is 1.57. The van der Waals surface area contributed by atoms with Crippen LogP contribution in [0, 0.1) is 0 Å². The van der Waals surface area contributed by atoms with Crippen molar-refractivity contribution in [2.75, 3.05) is 45.8 Å². The second-order valence-corrected chi connectivity index (χ2v) is 7.28. The van der Waals surface area contributed by atoms with E-state index in [9.17, 15) is 15.0 Å². The Kier molecular flexibility index (Phi) is 7.73. The smallest absolute Gasteiger partial charge is 0.354 e. The van der Waals surface area contributed by atoms with Gasteiger partial charge < -0.3 is 26.0 Å². The first-order valence-electron chi connectivity index (χ1n) is 9.87. The maximum Gasteiger partial charge on any atom is 0.354 e. The first-order chi connectivity index (χ1) is 14.0. The maximum atomic E-state index is 11.1. The number of aliphatic hydroxyl groups is 2. The monoisotopic (exact) mass is 403 g/mol. The zero-order valence-electron chi connectivity index (χ0n) is 16.4. The Hall–Kier alpha value is -2.30. The quantitative estimate of drug-likeness (QED) is 0.389. The molecule has 0 aliphatic carbocycles. The second-order valence-electron chi connectivity index (χ2n) is 7.28. The van der Waals surface area contributed by atoms with Crippen molar-refractivity contribution in [1.29, 1.82) is 0 Å². The summed E-state index contributed by atoms with van der Waals surface area (Å²) < 4.78 is 0. The highest BCUT2D eigenvalue weighted by Gasteiger charge is 2.19. The van der Waals surface area contributed by atoms with Crippen molar-refractivity contribution in [1.82, 2.24) is 25.4 Å². The van der Waals surface area contributed by atoms with Gasteiger partial charge >= 0.3 is 5.97 Å². The number of allylic oxidation sites excluding steroid dienone is 2. The number of dihydropyridines is 1. The van der Waals surface area contributed by atoms with E-state index >= 15 is 0 Å². The lowest BCUT2D eigenvalue weighted by molar-refractivity contribution is -0.0142. The minimum Gasteiger partial charge on any atom is -0.477 e. The molecule has 1 aromatic rings. The molecule has 1 saturated heterocycles. The summed E-state index contributed by atoms with van der Waals surface area (Å²) in [6.45, 7) is 6.53. The topological polar surface area (TPSA) is 121 Å². The molecule has 0 radical (unpaired) electrons. The lowest BCUT2D eigenvalue weighted by Gasteiger charge is -2.30. The van der Waals surface area contributed by atoms with Crippen LogP contribution in [0.4, 0.5) is 0 Å². The van der Waals surface area contributed by atoms with Gasteiger partial charge in [-0.2, -0.15) is 0 Å². The van der Waals surface area contributed by atoms with Crippen LogP contribution in [-0.2, 0) is 6.54 Å². The largest absolute Gasteiger partial charge is 0.477 e. The van der Waals surface area contributed by atoms with E-state index in [0.29, 0.717) is 12.2 Å². The highest BCUT2D eigenvalue weighted by molar-refractivity contribution is 5.85. The number of nitrogens with zero attached hydrogens (tertiary/aromatic N) is 3. The molecule has 0 spiro atoms. The predicted octanol–water partition coefficient (Wildman–Crippen LogP) is -0.790. The Labute approximate surface area is 170 Å². The molecular weight excluding hydrogens is 374 g/mol. The van der Waals surface area contributed by atoms with E-state index in [1.54, 1.807) is 12.1 Å². The van der Waals surface area contributed by atoms with Gasteiger partial charge in [0.2, 0.25) is 0 Å². The van der Waals surface area contributed by atoms with Crippen LogP contribution in [0.5, 0.6) is 0 Å². The van der Waals surface area contributed by atoms with E-state index in [4.69, 9.17) is 5.11 Å². The third-order valence-electron chi connectivity index (χ3n) is 5.06. The van der Waals surface area contributed by atoms with Crippen LogP contribution >= 0.6 is 0 Å². The Morgan fingerprint density at radius 2 is 1.93 bits per heavy atom. The molecule has 0 aromatic carbocycles. The number of rotatable bonds is 6. The molecule has 0 saturated carbocycles. The number of hydrogen-bond donors (Lipinski definition) is 5. The lowest BCUT2D eigenvalue weighted by atomic mass is 10.1. The number of carboxylic acid groups (broad SMARTS) is 1. The Morgan fingerprint density at radius 1 is 1.17 bits per heavy atom. The molecular formula is C20H29N5O4. The molecule has 9 heteroatoms. The van der Waals surface area contributed by atoms with Gasteiger partial charge in [-0.25, -0.2) is 9.78 Å². The minimum absolute atomic E-state index is 0.0138. The van der Waals surface area contributed by atoms with E-state index in [-0.39, 0.29) is 11.7 Å². The van der Waals surface area contributed by atoms with Crippen molar-refractivity contribution in [2.24, 2.45) is 0 Å². The summed E-state index contributed by atoms with van der Waals surface area (Å²) in [5, 5.41) is 34.5. The van der Waals surface area contributed by atoms with Crippen LogP contribution in [-0.4, -0.2) is 94.2 Å². The van der Waals surface area contributed by atoms with Crippen LogP contribution in [0.2, 0.25) is 0 Å². The number of aromatic nitrogens is 1. The van der Waals surface area contributed by atoms with Crippen LogP contribution in [0.3, 0.4) is 0 Å². The summed E-state index contributed by atoms with van der Waals surface area (Å²) in [6, 6.07) is 5.10. The zero-order valence-corrected chi connectivity index (χ0v) is 16.4. The number of hydrogen-bond acceptors (Lipinski definition) is 8. The van der Waals surface area contributed by atoms with Gasteiger partial charge in [0.1, 0.15) is 5.69 Å². The molecule has 9 nitrogen and oxygen atoms in total. The van der Waals surface area contributed by atoms with Crippen LogP contribution in [0.15, 0.2) is 42.1 Å². The molecule has 0 bridgehead atoms. The predicted molar refractivity (Wildman–Crippen MR) is 108 cm³/mol. The van der Waals surface area contributed by atoms with Crippen LogP contribution in [0.1, 0.15) is 16.2 Å². The fourth-order valence-corrected chi connectivity index (χ4v) is 3.51. The third-order valence-corrected chi connectivity index (χ3v) is 5.06. The molecule has 1 aromatic heterocycles. The average Bonchev–Trinajstić information content (AvgIpc) is 2.81. The van der Waals surface area contributed by atoms with Crippen molar-refractivity contribution in [3.8, 4) is 0 Å². The number of carboxylic acids is 1. The molecule has 0 amide bonds. The minimum atomic E-state index is -1.50. The molecule has 158 valence electrons. The summed E-state index contributed by atoms with van der Waals surface area (Å²) in [7, 11) is 0. The molecule has 3 heterocycles. The lowest BCUT2D eigenvalue weighted by Crippen LogP contribution is -2.45. The van der Waals surface area contributed by atoms with Gasteiger partial charge in [0.15, 0.2) is 6.29 Å². The summed E-state index contributed by atoms with van der Waals surface area (Å²) in [4.78, 5) is 20.0. The highest BCUT2D eigenvalue weighted by atomic mass is 16.5. The summed E-state index contributed by atoms with van der Waals surface area (Å²) in [6.07, 6.45) is 4.04. The molecule has 2 aliphatic rings. The number of carbonyl (C=O) groups is 1. The van der Waals surface area contributed by atoms with Gasteiger partial charge in [-0.3, -0.25) is 9.80 Å². The van der Waals surface area contributed by atoms with Crippen molar-refractivity contribution in [3.05, 3.63) is 53.5 Å². The van der Waals surface area contributed by atoms with Crippen molar-refractivity contribution < 1.29 is 20.1 Å². The molecule has 29 heavy (non-hydrogen) atoms. The van der Waals surface area contributed by atoms with Crippen LogP contribution in [0.25, 0.3) is 0 Å². The zero-order chi connectivity index (χ0) is 20.6. The normalized spacial score (nSPS) is 21.8. The Morgan fingerprint density at radius 3 is 2.69 bits per heavy atom. The van der Waals surface area contributed by atoms with Crippen molar-refractivity contribution in [3.63, 3.8) is 0 Å². The first kappa shape index (κ1) is 21.4. The molecule has 1 fully saturated rings. The molecule has 1 atom stereocenters. The highest BCUT2D eigenvalue weighted by Crippen LogP contribution is 2.09. The molecule has 5 N–H and O–H groups in total. The Bertz CT molecular complexity index is 752. The van der Waals surface area contributed by atoms with E-state index < -0.39 is 12.3 Å². The fraction of sp³-hybridized carbons (Fsp3) is 0.500. The van der Waals surface area contributed by atoms with Crippen molar-refractivity contribution in [2.45, 2.75) is 18.9 Å².